The number of rotatable bonds is 4. The van der Waals surface area contributed by atoms with E-state index in [-0.39, 0.29) is 0 Å². The lowest BCUT2D eigenvalue weighted by molar-refractivity contribution is 0.669. The van der Waals surface area contributed by atoms with Crippen molar-refractivity contribution < 1.29 is 4.42 Å². The Balaban J connectivity index is 1.14. The molecule has 6 heteroatoms. The number of benzene rings is 10. The second kappa shape index (κ2) is 13.2. The Kier molecular flexibility index (Phi) is 7.21. The predicted molar refractivity (Wildman–Crippen MR) is 263 cm³/mol. The first-order valence-electron chi connectivity index (χ1n) is 21.2. The second-order valence-corrected chi connectivity index (χ2v) is 17.5. The molecule has 0 saturated heterocycles. The highest BCUT2D eigenvalue weighted by atomic mass is 32.1. The van der Waals surface area contributed by atoms with Crippen molar-refractivity contribution >= 4 is 108 Å². The van der Waals surface area contributed by atoms with Crippen molar-refractivity contribution in [3.8, 4) is 39.9 Å². The Morgan fingerprint density at radius 1 is 0.365 bits per heavy atom. The first kappa shape index (κ1) is 34.5. The average Bonchev–Trinajstić information content (AvgIpc) is 3.99. The molecule has 292 valence electrons. The van der Waals surface area contributed by atoms with E-state index < -0.39 is 0 Å². The van der Waals surface area contributed by atoms with Gasteiger partial charge in [-0.3, -0.25) is 0 Å². The lowest BCUT2D eigenvalue weighted by Crippen LogP contribution is -2.04. The van der Waals surface area contributed by atoms with Crippen LogP contribution in [-0.4, -0.2) is 19.5 Å². The van der Waals surface area contributed by atoms with Gasteiger partial charge in [-0.25, -0.2) is 15.0 Å². The summed E-state index contributed by atoms with van der Waals surface area (Å²) in [6.07, 6.45) is 0. The van der Waals surface area contributed by atoms with E-state index in [4.69, 9.17) is 19.4 Å². The van der Waals surface area contributed by atoms with Gasteiger partial charge in [0.25, 0.3) is 0 Å². The molecule has 0 bridgehead atoms. The lowest BCUT2D eigenvalue weighted by Gasteiger charge is -2.16. The Morgan fingerprint density at radius 3 is 1.59 bits per heavy atom. The number of fused-ring (bicyclic) bond motifs is 12. The van der Waals surface area contributed by atoms with Crippen LogP contribution >= 0.6 is 11.3 Å². The summed E-state index contributed by atoms with van der Waals surface area (Å²) in [4.78, 5) is 16.2. The van der Waals surface area contributed by atoms with Gasteiger partial charge in [0, 0.05) is 52.8 Å². The molecule has 14 rings (SSSR count). The van der Waals surface area contributed by atoms with Crippen LogP contribution in [0.5, 0.6) is 0 Å². The SMILES string of the molecule is c1ccc(-c2nc(-c3ccc4c(c3)sc3ccccc34)nc(-c3c(-n4c5cc6ccccc6cc5c5cc6ccccc6cc54)ccc4oc5cc6ccccc6cc5c34)n2)cc1. The zero-order valence-electron chi connectivity index (χ0n) is 33.6. The zero-order valence-corrected chi connectivity index (χ0v) is 34.4. The molecule has 0 amide bonds. The fourth-order valence-electron chi connectivity index (χ4n) is 9.80. The Hall–Kier alpha value is -8.19. The van der Waals surface area contributed by atoms with Gasteiger partial charge in [-0.15, -0.1) is 11.3 Å². The summed E-state index contributed by atoms with van der Waals surface area (Å²) in [7, 11) is 0. The molecular formula is C57H32N4OS. The van der Waals surface area contributed by atoms with E-state index >= 15 is 0 Å². The van der Waals surface area contributed by atoms with E-state index in [9.17, 15) is 0 Å². The predicted octanol–water partition coefficient (Wildman–Crippen LogP) is 15.7. The molecule has 0 spiro atoms. The Labute approximate surface area is 363 Å². The highest BCUT2D eigenvalue weighted by Crippen LogP contribution is 2.45. The normalized spacial score (nSPS) is 12.1. The minimum Gasteiger partial charge on any atom is -0.456 e. The Morgan fingerprint density at radius 2 is 0.905 bits per heavy atom. The molecule has 14 aromatic rings. The third-order valence-corrected chi connectivity index (χ3v) is 13.9. The number of hydrogen-bond acceptors (Lipinski definition) is 5. The van der Waals surface area contributed by atoms with Crippen molar-refractivity contribution in [3.63, 3.8) is 0 Å². The summed E-state index contributed by atoms with van der Waals surface area (Å²) < 4.78 is 11.7. The van der Waals surface area contributed by atoms with Gasteiger partial charge in [0.2, 0.25) is 0 Å². The monoisotopic (exact) mass is 820 g/mol. The van der Waals surface area contributed by atoms with E-state index in [0.717, 1.165) is 66.1 Å². The van der Waals surface area contributed by atoms with E-state index in [0.29, 0.717) is 17.5 Å². The van der Waals surface area contributed by atoms with Gasteiger partial charge in [0.15, 0.2) is 17.5 Å². The van der Waals surface area contributed by atoms with Crippen molar-refractivity contribution in [1.29, 1.82) is 0 Å². The quantitative estimate of drug-likeness (QED) is 0.177. The van der Waals surface area contributed by atoms with Crippen LogP contribution in [0.25, 0.3) is 136 Å². The summed E-state index contributed by atoms with van der Waals surface area (Å²) in [5.41, 5.74) is 7.47. The van der Waals surface area contributed by atoms with Gasteiger partial charge < -0.3 is 8.98 Å². The van der Waals surface area contributed by atoms with E-state index in [1.807, 2.05) is 18.2 Å². The lowest BCUT2D eigenvalue weighted by atomic mass is 10.0. The van der Waals surface area contributed by atoms with Gasteiger partial charge in [0.1, 0.15) is 11.2 Å². The van der Waals surface area contributed by atoms with E-state index in [1.165, 1.54) is 52.5 Å². The van der Waals surface area contributed by atoms with Crippen molar-refractivity contribution in [2.75, 3.05) is 0 Å². The Bertz CT molecular complexity index is 4130. The molecule has 0 aliphatic carbocycles. The van der Waals surface area contributed by atoms with E-state index in [1.54, 1.807) is 11.3 Å². The first-order valence-corrected chi connectivity index (χ1v) is 22.0. The zero-order chi connectivity index (χ0) is 41.2. The third kappa shape index (κ3) is 5.25. The van der Waals surface area contributed by atoms with Gasteiger partial charge in [-0.1, -0.05) is 133 Å². The molecule has 0 aliphatic rings. The van der Waals surface area contributed by atoms with Crippen molar-refractivity contribution in [3.05, 3.63) is 194 Å². The van der Waals surface area contributed by atoms with Crippen LogP contribution in [0.1, 0.15) is 0 Å². The van der Waals surface area contributed by atoms with Crippen LogP contribution in [0.2, 0.25) is 0 Å². The molecule has 0 radical (unpaired) electrons. The van der Waals surface area contributed by atoms with Crippen LogP contribution < -0.4 is 0 Å². The molecule has 0 unspecified atom stereocenters. The summed E-state index contributed by atoms with van der Waals surface area (Å²) in [5.74, 6) is 1.79. The maximum Gasteiger partial charge on any atom is 0.166 e. The first-order chi connectivity index (χ1) is 31.2. The van der Waals surface area contributed by atoms with Crippen LogP contribution in [0, 0.1) is 0 Å². The van der Waals surface area contributed by atoms with E-state index in [2.05, 4.69) is 180 Å². The molecule has 0 saturated carbocycles. The van der Waals surface area contributed by atoms with Gasteiger partial charge >= 0.3 is 0 Å². The number of nitrogens with zero attached hydrogens (tertiary/aromatic N) is 4. The van der Waals surface area contributed by atoms with Crippen molar-refractivity contribution in [2.24, 2.45) is 0 Å². The molecule has 0 N–H and O–H groups in total. The highest BCUT2D eigenvalue weighted by Gasteiger charge is 2.25. The smallest absolute Gasteiger partial charge is 0.166 e. The molecule has 0 atom stereocenters. The molecule has 0 aliphatic heterocycles. The van der Waals surface area contributed by atoms with Crippen molar-refractivity contribution in [2.45, 2.75) is 0 Å². The summed E-state index contributed by atoms with van der Waals surface area (Å²) in [6, 6.07) is 69.2. The molecule has 0 fully saturated rings. The molecule has 5 nitrogen and oxygen atoms in total. The average molecular weight is 821 g/mol. The van der Waals surface area contributed by atoms with Crippen LogP contribution in [0.3, 0.4) is 0 Å². The number of hydrogen-bond donors (Lipinski definition) is 0. The number of aromatic nitrogens is 4. The number of thiophene rings is 1. The molecule has 4 aromatic heterocycles. The highest BCUT2D eigenvalue weighted by molar-refractivity contribution is 7.25. The maximum atomic E-state index is 6.81. The van der Waals surface area contributed by atoms with Crippen LogP contribution in [0.15, 0.2) is 199 Å². The van der Waals surface area contributed by atoms with Crippen molar-refractivity contribution in [1.82, 2.24) is 19.5 Å². The topological polar surface area (TPSA) is 56.7 Å². The molecular weight excluding hydrogens is 789 g/mol. The van der Waals surface area contributed by atoms with Gasteiger partial charge in [-0.05, 0) is 93.0 Å². The third-order valence-electron chi connectivity index (χ3n) is 12.8. The summed E-state index contributed by atoms with van der Waals surface area (Å²) in [5, 5.41) is 13.8. The van der Waals surface area contributed by atoms with Crippen LogP contribution in [0.4, 0.5) is 0 Å². The van der Waals surface area contributed by atoms with Crippen LogP contribution in [-0.2, 0) is 0 Å². The summed E-state index contributed by atoms with van der Waals surface area (Å²) >= 11 is 1.79. The molecule has 10 aromatic carbocycles. The van der Waals surface area contributed by atoms with Gasteiger partial charge in [0.05, 0.1) is 22.3 Å². The molecule has 63 heavy (non-hydrogen) atoms. The minimum atomic E-state index is 0.573. The standard InChI is InChI=1S/C57H32N4OS/c1-2-12-33(13-3-1)55-58-56(40-22-23-42-41-20-10-11-21-51(41)63-52(42)32-40)60-57(59-55)54-46(24-25-49-53(54)45-28-36-16-6-9-19-39(36)31-50(45)62-49)61-47-29-37-17-7-4-14-34(37)26-43(47)44-27-35-15-5-8-18-38(35)30-48(44)61/h1-32H. The number of furan rings is 1. The van der Waals surface area contributed by atoms with Gasteiger partial charge in [-0.2, -0.15) is 0 Å². The maximum absolute atomic E-state index is 6.81. The second-order valence-electron chi connectivity index (χ2n) is 16.4. The fraction of sp³-hybridized carbons (Fsp3) is 0. The largest absolute Gasteiger partial charge is 0.456 e. The molecule has 4 heterocycles. The minimum absolute atomic E-state index is 0.573. The fourth-order valence-corrected chi connectivity index (χ4v) is 10.9. The summed E-state index contributed by atoms with van der Waals surface area (Å²) in [6.45, 7) is 0.